The summed E-state index contributed by atoms with van der Waals surface area (Å²) >= 11 is 0. The Bertz CT molecular complexity index is 618. The van der Waals surface area contributed by atoms with Crippen molar-refractivity contribution >= 4 is 5.97 Å². The molecule has 0 radical (unpaired) electrons. The molecule has 2 unspecified atom stereocenters. The van der Waals surface area contributed by atoms with E-state index in [-0.39, 0.29) is 5.56 Å². The Balaban J connectivity index is 1.81. The lowest BCUT2D eigenvalue weighted by molar-refractivity contribution is 0.0697. The molecule has 2 atom stereocenters. The first-order valence-corrected chi connectivity index (χ1v) is 6.81. The van der Waals surface area contributed by atoms with Gasteiger partial charge in [0.25, 0.3) is 5.89 Å². The molecule has 5 nitrogen and oxygen atoms in total. The van der Waals surface area contributed by atoms with Crippen LogP contribution in [0, 0.1) is 5.92 Å². The van der Waals surface area contributed by atoms with E-state index in [1.165, 1.54) is 6.42 Å². The molecule has 20 heavy (non-hydrogen) atoms. The average molecular weight is 272 g/mol. The molecule has 1 aliphatic carbocycles. The fraction of sp³-hybridized carbons (Fsp3) is 0.400. The molecule has 0 spiro atoms. The first kappa shape index (κ1) is 12.8. The van der Waals surface area contributed by atoms with Gasteiger partial charge in [0, 0.05) is 11.5 Å². The fourth-order valence-electron chi connectivity index (χ4n) is 2.71. The van der Waals surface area contributed by atoms with E-state index in [9.17, 15) is 4.79 Å². The van der Waals surface area contributed by atoms with Crippen LogP contribution >= 0.6 is 0 Å². The second-order valence-electron chi connectivity index (χ2n) is 5.46. The Morgan fingerprint density at radius 1 is 1.30 bits per heavy atom. The van der Waals surface area contributed by atoms with E-state index in [1.54, 1.807) is 24.3 Å². The SMILES string of the molecule is CC1CCC(c2noc(-c3ccc(C(=O)O)cc3)n2)C1. The predicted octanol–water partition coefficient (Wildman–Crippen LogP) is 3.34. The van der Waals surface area contributed by atoms with E-state index < -0.39 is 5.97 Å². The molecular weight excluding hydrogens is 256 g/mol. The Labute approximate surface area is 116 Å². The average Bonchev–Trinajstić information content (AvgIpc) is 3.07. The molecule has 1 aliphatic rings. The largest absolute Gasteiger partial charge is 0.478 e. The van der Waals surface area contributed by atoms with Gasteiger partial charge in [0.15, 0.2) is 5.82 Å². The predicted molar refractivity (Wildman–Crippen MR) is 72.4 cm³/mol. The molecule has 0 bridgehead atoms. The van der Waals surface area contributed by atoms with Gasteiger partial charge in [0.1, 0.15) is 0 Å². The van der Waals surface area contributed by atoms with Crippen molar-refractivity contribution in [1.29, 1.82) is 0 Å². The van der Waals surface area contributed by atoms with Gasteiger partial charge >= 0.3 is 5.97 Å². The molecule has 3 rings (SSSR count). The summed E-state index contributed by atoms with van der Waals surface area (Å²) in [4.78, 5) is 15.3. The van der Waals surface area contributed by atoms with Gasteiger partial charge in [-0.3, -0.25) is 0 Å². The van der Waals surface area contributed by atoms with Crippen LogP contribution in [0.3, 0.4) is 0 Å². The summed E-state index contributed by atoms with van der Waals surface area (Å²) in [6.07, 6.45) is 3.43. The highest BCUT2D eigenvalue weighted by Gasteiger charge is 2.27. The van der Waals surface area contributed by atoms with Crippen LogP contribution in [0.5, 0.6) is 0 Å². The van der Waals surface area contributed by atoms with Crippen molar-refractivity contribution in [3.63, 3.8) is 0 Å². The summed E-state index contributed by atoms with van der Waals surface area (Å²) in [6.45, 7) is 2.24. The van der Waals surface area contributed by atoms with Crippen LogP contribution < -0.4 is 0 Å². The maximum absolute atomic E-state index is 10.8. The highest BCUT2D eigenvalue weighted by Crippen LogP contribution is 2.37. The van der Waals surface area contributed by atoms with E-state index in [2.05, 4.69) is 17.1 Å². The third-order valence-corrected chi connectivity index (χ3v) is 3.88. The quantitative estimate of drug-likeness (QED) is 0.927. The van der Waals surface area contributed by atoms with Crippen molar-refractivity contribution in [2.45, 2.75) is 32.1 Å². The van der Waals surface area contributed by atoms with Crippen molar-refractivity contribution in [2.24, 2.45) is 5.92 Å². The van der Waals surface area contributed by atoms with Crippen LogP contribution in [0.15, 0.2) is 28.8 Å². The van der Waals surface area contributed by atoms with Crippen LogP contribution in [0.1, 0.15) is 48.3 Å². The fourth-order valence-corrected chi connectivity index (χ4v) is 2.71. The molecule has 1 heterocycles. The van der Waals surface area contributed by atoms with E-state index in [0.29, 0.717) is 11.8 Å². The summed E-state index contributed by atoms with van der Waals surface area (Å²) < 4.78 is 5.29. The lowest BCUT2D eigenvalue weighted by Crippen LogP contribution is -1.96. The first-order chi connectivity index (χ1) is 9.63. The summed E-state index contributed by atoms with van der Waals surface area (Å²) in [6, 6.07) is 6.47. The maximum atomic E-state index is 10.8. The van der Waals surface area contributed by atoms with E-state index >= 15 is 0 Å². The van der Waals surface area contributed by atoms with Crippen LogP contribution in [0.25, 0.3) is 11.5 Å². The summed E-state index contributed by atoms with van der Waals surface area (Å²) in [7, 11) is 0. The van der Waals surface area contributed by atoms with Gasteiger partial charge in [-0.1, -0.05) is 12.1 Å². The highest BCUT2D eigenvalue weighted by molar-refractivity contribution is 5.88. The van der Waals surface area contributed by atoms with Crippen molar-refractivity contribution in [2.75, 3.05) is 0 Å². The number of rotatable bonds is 3. The highest BCUT2D eigenvalue weighted by atomic mass is 16.5. The minimum Gasteiger partial charge on any atom is -0.478 e. The van der Waals surface area contributed by atoms with Crippen LogP contribution in [-0.2, 0) is 0 Å². The van der Waals surface area contributed by atoms with Crippen LogP contribution in [0.2, 0.25) is 0 Å². The monoisotopic (exact) mass is 272 g/mol. The topological polar surface area (TPSA) is 76.2 Å². The molecule has 1 N–H and O–H groups in total. The van der Waals surface area contributed by atoms with Crippen molar-refractivity contribution in [3.05, 3.63) is 35.7 Å². The lowest BCUT2D eigenvalue weighted by atomic mass is 10.1. The normalized spacial score (nSPS) is 22.1. The van der Waals surface area contributed by atoms with E-state index in [4.69, 9.17) is 9.63 Å². The Kier molecular flexibility index (Phi) is 3.26. The second kappa shape index (κ2) is 5.07. The summed E-state index contributed by atoms with van der Waals surface area (Å²) in [5.74, 6) is 1.39. The summed E-state index contributed by atoms with van der Waals surface area (Å²) in [5, 5.41) is 12.9. The number of aromatic carboxylic acids is 1. The summed E-state index contributed by atoms with van der Waals surface area (Å²) in [5.41, 5.74) is 0.998. The number of hydrogen-bond acceptors (Lipinski definition) is 4. The molecule has 2 aromatic rings. The number of carboxylic acids is 1. The van der Waals surface area contributed by atoms with Gasteiger partial charge in [-0.05, 0) is 49.4 Å². The number of aromatic nitrogens is 2. The standard InChI is InChI=1S/C15H16N2O3/c1-9-2-3-12(8-9)13-16-14(20-17-13)10-4-6-11(7-5-10)15(18)19/h4-7,9,12H,2-3,8H2,1H3,(H,18,19). The van der Waals surface area contributed by atoms with Gasteiger partial charge in [-0.25, -0.2) is 4.79 Å². The van der Waals surface area contributed by atoms with Gasteiger partial charge in [-0.2, -0.15) is 4.98 Å². The number of nitrogens with zero attached hydrogens (tertiary/aromatic N) is 2. The lowest BCUT2D eigenvalue weighted by Gasteiger charge is -2.01. The zero-order valence-corrected chi connectivity index (χ0v) is 11.2. The zero-order chi connectivity index (χ0) is 14.1. The number of carboxylic acid groups (broad SMARTS) is 1. The van der Waals surface area contributed by atoms with E-state index in [1.807, 2.05) is 0 Å². The molecule has 0 amide bonds. The van der Waals surface area contributed by atoms with Crippen molar-refractivity contribution < 1.29 is 14.4 Å². The van der Waals surface area contributed by atoms with Crippen molar-refractivity contribution in [3.8, 4) is 11.5 Å². The Hall–Kier alpha value is -2.17. The van der Waals surface area contributed by atoms with Gasteiger partial charge in [-0.15, -0.1) is 0 Å². The molecule has 104 valence electrons. The minimum atomic E-state index is -0.942. The third kappa shape index (κ3) is 2.43. The Morgan fingerprint density at radius 3 is 2.65 bits per heavy atom. The smallest absolute Gasteiger partial charge is 0.335 e. The molecule has 0 saturated heterocycles. The number of hydrogen-bond donors (Lipinski definition) is 1. The van der Waals surface area contributed by atoms with Gasteiger partial charge in [0.2, 0.25) is 0 Å². The molecule has 1 aromatic carbocycles. The van der Waals surface area contributed by atoms with Gasteiger partial charge in [0.05, 0.1) is 5.56 Å². The Morgan fingerprint density at radius 2 is 2.05 bits per heavy atom. The molecule has 1 fully saturated rings. The molecule has 0 aliphatic heterocycles. The molecule has 1 aromatic heterocycles. The molecule has 5 heteroatoms. The van der Waals surface area contributed by atoms with Crippen LogP contribution in [0.4, 0.5) is 0 Å². The van der Waals surface area contributed by atoms with Crippen molar-refractivity contribution in [1.82, 2.24) is 10.1 Å². The zero-order valence-electron chi connectivity index (χ0n) is 11.2. The number of carbonyl (C=O) groups is 1. The third-order valence-electron chi connectivity index (χ3n) is 3.88. The molecular formula is C15H16N2O3. The molecule has 1 saturated carbocycles. The van der Waals surface area contributed by atoms with Gasteiger partial charge < -0.3 is 9.63 Å². The van der Waals surface area contributed by atoms with E-state index in [0.717, 1.165) is 30.1 Å². The van der Waals surface area contributed by atoms with Crippen LogP contribution in [-0.4, -0.2) is 21.2 Å². The number of benzene rings is 1. The maximum Gasteiger partial charge on any atom is 0.335 e. The first-order valence-electron chi connectivity index (χ1n) is 6.81. The minimum absolute atomic E-state index is 0.248. The second-order valence-corrected chi connectivity index (χ2v) is 5.46.